The Labute approximate surface area is 296 Å². The van der Waals surface area contributed by atoms with Gasteiger partial charge in [0.1, 0.15) is 11.2 Å². The van der Waals surface area contributed by atoms with E-state index in [1.807, 2.05) is 36.4 Å². The minimum atomic E-state index is -0.256. The fourth-order valence-corrected chi connectivity index (χ4v) is 7.98. The van der Waals surface area contributed by atoms with Gasteiger partial charge in [0.2, 0.25) is 0 Å². The van der Waals surface area contributed by atoms with Crippen molar-refractivity contribution in [3.05, 3.63) is 193 Å². The van der Waals surface area contributed by atoms with E-state index < -0.39 is 0 Å². The fourth-order valence-electron chi connectivity index (χ4n) is 7.98. The van der Waals surface area contributed by atoms with Crippen LogP contribution in [-0.2, 0) is 5.41 Å². The number of nitrogens with zero attached hydrogens (tertiary/aromatic N) is 2. The van der Waals surface area contributed by atoms with E-state index in [1.165, 1.54) is 33.4 Å². The third kappa shape index (κ3) is 4.74. The van der Waals surface area contributed by atoms with Crippen LogP contribution in [0.5, 0.6) is 0 Å². The minimum Gasteiger partial charge on any atom is -0.456 e. The molecule has 3 nitrogen and oxygen atoms in total. The molecule has 0 atom stereocenters. The van der Waals surface area contributed by atoms with Crippen molar-refractivity contribution in [2.75, 3.05) is 0 Å². The van der Waals surface area contributed by atoms with Gasteiger partial charge in [-0.25, -0.2) is 9.97 Å². The summed E-state index contributed by atoms with van der Waals surface area (Å²) in [7, 11) is 0. The summed E-state index contributed by atoms with van der Waals surface area (Å²) >= 11 is 0. The van der Waals surface area contributed by atoms with Crippen molar-refractivity contribution in [2.24, 2.45) is 0 Å². The second-order valence-electron chi connectivity index (χ2n) is 13.5. The van der Waals surface area contributed by atoms with Crippen molar-refractivity contribution in [1.82, 2.24) is 9.97 Å². The van der Waals surface area contributed by atoms with Gasteiger partial charge in [-0.05, 0) is 88.3 Å². The van der Waals surface area contributed by atoms with Crippen molar-refractivity contribution in [3.63, 3.8) is 0 Å². The highest BCUT2D eigenvalue weighted by atomic mass is 16.3. The lowest BCUT2D eigenvalue weighted by atomic mass is 9.74. The van der Waals surface area contributed by atoms with E-state index in [9.17, 15) is 0 Å². The summed E-state index contributed by atoms with van der Waals surface area (Å²) in [6.07, 6.45) is 0. The Kier molecular flexibility index (Phi) is 6.62. The summed E-state index contributed by atoms with van der Waals surface area (Å²) in [4.78, 5) is 10.3. The van der Waals surface area contributed by atoms with Crippen LogP contribution in [0.1, 0.15) is 23.6 Å². The van der Waals surface area contributed by atoms with Gasteiger partial charge in [-0.2, -0.15) is 0 Å². The van der Waals surface area contributed by atoms with Crippen LogP contribution in [0.4, 0.5) is 0 Å². The van der Waals surface area contributed by atoms with Crippen LogP contribution in [0.15, 0.2) is 180 Å². The molecule has 0 N–H and O–H groups in total. The predicted molar refractivity (Wildman–Crippen MR) is 208 cm³/mol. The van der Waals surface area contributed by atoms with Gasteiger partial charge < -0.3 is 4.42 Å². The van der Waals surface area contributed by atoms with Crippen molar-refractivity contribution in [2.45, 2.75) is 12.3 Å². The standard InChI is InChI=1S/C48H32N2O/c1-48(41-22-8-5-19-37(41)38-20-6-9-23-42(38)48)36-18-12-16-33(28-36)32-15-11-17-34(27-32)43-30-44(50-47(49-43)31-13-3-2-4-14-31)35-25-26-46-40(29-35)39-21-7-10-24-45(39)51-46/h2-30H,1H3. The molecule has 1 aliphatic rings. The molecule has 10 rings (SSSR count). The first-order chi connectivity index (χ1) is 25.1. The molecule has 0 radical (unpaired) electrons. The number of benzene rings is 7. The molecule has 2 heterocycles. The lowest BCUT2D eigenvalue weighted by Crippen LogP contribution is -2.22. The van der Waals surface area contributed by atoms with E-state index in [2.05, 4.69) is 146 Å². The number of hydrogen-bond donors (Lipinski definition) is 0. The molecule has 2 aromatic heterocycles. The molecule has 0 bridgehead atoms. The van der Waals surface area contributed by atoms with E-state index in [-0.39, 0.29) is 5.41 Å². The number of para-hydroxylation sites is 1. The zero-order chi connectivity index (χ0) is 33.9. The van der Waals surface area contributed by atoms with Crippen LogP contribution in [0.3, 0.4) is 0 Å². The van der Waals surface area contributed by atoms with E-state index in [1.54, 1.807) is 0 Å². The molecule has 0 fully saturated rings. The van der Waals surface area contributed by atoms with Gasteiger partial charge in [0.15, 0.2) is 5.82 Å². The predicted octanol–water partition coefficient (Wildman–Crippen LogP) is 12.4. The molecule has 0 aliphatic heterocycles. The quantitative estimate of drug-likeness (QED) is 0.186. The second kappa shape index (κ2) is 11.5. The highest BCUT2D eigenvalue weighted by molar-refractivity contribution is 6.06. The van der Waals surface area contributed by atoms with E-state index in [0.717, 1.165) is 55.6 Å². The highest BCUT2D eigenvalue weighted by Gasteiger charge is 2.40. The molecule has 3 heteroatoms. The van der Waals surface area contributed by atoms with Crippen molar-refractivity contribution < 1.29 is 4.42 Å². The summed E-state index contributed by atoms with van der Waals surface area (Å²) in [6.45, 7) is 2.37. The first-order valence-corrected chi connectivity index (χ1v) is 17.4. The Hall–Kier alpha value is -6.58. The Morgan fingerprint density at radius 1 is 0.412 bits per heavy atom. The molecule has 240 valence electrons. The second-order valence-corrected chi connectivity index (χ2v) is 13.5. The normalized spacial score (nSPS) is 13.0. The summed E-state index contributed by atoms with van der Waals surface area (Å²) in [5.41, 5.74) is 15.2. The highest BCUT2D eigenvalue weighted by Crippen LogP contribution is 2.52. The Bertz CT molecular complexity index is 2730. The average molecular weight is 653 g/mol. The number of furan rings is 1. The molecule has 9 aromatic rings. The maximum Gasteiger partial charge on any atom is 0.160 e. The molecule has 0 spiro atoms. The van der Waals surface area contributed by atoms with Crippen LogP contribution in [-0.4, -0.2) is 9.97 Å². The maximum absolute atomic E-state index is 6.13. The monoisotopic (exact) mass is 652 g/mol. The number of fused-ring (bicyclic) bond motifs is 6. The number of hydrogen-bond acceptors (Lipinski definition) is 3. The van der Waals surface area contributed by atoms with Gasteiger partial charge in [0.25, 0.3) is 0 Å². The van der Waals surface area contributed by atoms with Crippen molar-refractivity contribution in [1.29, 1.82) is 0 Å². The Balaban J connectivity index is 1.09. The summed E-state index contributed by atoms with van der Waals surface area (Å²) in [5.74, 6) is 0.694. The Morgan fingerprint density at radius 3 is 1.75 bits per heavy atom. The molecule has 51 heavy (non-hydrogen) atoms. The molecule has 0 unspecified atom stereocenters. The zero-order valence-corrected chi connectivity index (χ0v) is 28.0. The smallest absolute Gasteiger partial charge is 0.160 e. The van der Waals surface area contributed by atoms with E-state index in [0.29, 0.717) is 5.82 Å². The summed E-state index contributed by atoms with van der Waals surface area (Å²) < 4.78 is 6.13. The Morgan fingerprint density at radius 2 is 0.980 bits per heavy atom. The molecule has 0 amide bonds. The molecule has 0 saturated carbocycles. The first kappa shape index (κ1) is 29.3. The number of rotatable bonds is 5. The van der Waals surface area contributed by atoms with E-state index >= 15 is 0 Å². The molecule has 0 saturated heterocycles. The molecule has 7 aromatic carbocycles. The molecular formula is C48H32N2O. The van der Waals surface area contributed by atoms with Gasteiger partial charge in [-0.1, -0.05) is 133 Å². The van der Waals surface area contributed by atoms with Crippen LogP contribution in [0.2, 0.25) is 0 Å². The summed E-state index contributed by atoms with van der Waals surface area (Å²) in [6, 6.07) is 62.3. The van der Waals surface area contributed by atoms with Crippen LogP contribution in [0, 0.1) is 0 Å². The average Bonchev–Trinajstić information content (AvgIpc) is 3.71. The minimum absolute atomic E-state index is 0.256. The lowest BCUT2D eigenvalue weighted by Gasteiger charge is -2.28. The van der Waals surface area contributed by atoms with E-state index in [4.69, 9.17) is 14.4 Å². The third-order valence-corrected chi connectivity index (χ3v) is 10.6. The largest absolute Gasteiger partial charge is 0.456 e. The molecular weight excluding hydrogens is 621 g/mol. The topological polar surface area (TPSA) is 38.9 Å². The van der Waals surface area contributed by atoms with Crippen molar-refractivity contribution >= 4 is 21.9 Å². The van der Waals surface area contributed by atoms with Gasteiger partial charge >= 0.3 is 0 Å². The first-order valence-electron chi connectivity index (χ1n) is 17.4. The third-order valence-electron chi connectivity index (χ3n) is 10.6. The van der Waals surface area contributed by atoms with Gasteiger partial charge in [-0.3, -0.25) is 0 Å². The van der Waals surface area contributed by atoms with Crippen LogP contribution < -0.4 is 0 Å². The van der Waals surface area contributed by atoms with Crippen molar-refractivity contribution in [3.8, 4) is 56.2 Å². The van der Waals surface area contributed by atoms with Gasteiger partial charge in [-0.15, -0.1) is 0 Å². The SMILES string of the molecule is CC1(c2cccc(-c3cccc(-c4cc(-c5ccc6oc7ccccc7c6c5)nc(-c5ccccc5)n4)c3)c2)c2ccccc2-c2ccccc21. The lowest BCUT2D eigenvalue weighted by molar-refractivity contribution is 0.669. The fraction of sp³-hybridized carbons (Fsp3) is 0.0417. The zero-order valence-electron chi connectivity index (χ0n) is 28.0. The summed E-state index contributed by atoms with van der Waals surface area (Å²) in [5, 5.41) is 2.17. The maximum atomic E-state index is 6.13. The molecule has 1 aliphatic carbocycles. The van der Waals surface area contributed by atoms with Gasteiger partial charge in [0.05, 0.1) is 11.4 Å². The number of aromatic nitrogens is 2. The van der Waals surface area contributed by atoms with Gasteiger partial charge in [0, 0.05) is 32.9 Å². The van der Waals surface area contributed by atoms with Crippen LogP contribution in [0.25, 0.3) is 78.1 Å². The van der Waals surface area contributed by atoms with Crippen LogP contribution >= 0.6 is 0 Å².